The first kappa shape index (κ1) is 24.0. The first-order valence-electron chi connectivity index (χ1n) is 11.3. The Morgan fingerprint density at radius 3 is 1.17 bits per heavy atom. The van der Waals surface area contributed by atoms with Gasteiger partial charge in [0.2, 0.25) is 0 Å². The summed E-state index contributed by atoms with van der Waals surface area (Å²) in [5.74, 6) is 0. The Morgan fingerprint density at radius 1 is 0.458 bits per heavy atom. The molecule has 0 aliphatic rings. The fraction of sp³-hybridized carbons (Fsp3) is 0.957. The number of hydrogen-bond donors (Lipinski definition) is 0. The van der Waals surface area contributed by atoms with Gasteiger partial charge in [0.25, 0.3) is 0 Å². The van der Waals surface area contributed by atoms with Crippen LogP contribution in [0, 0.1) is 6.92 Å². The highest BCUT2D eigenvalue weighted by molar-refractivity contribution is 4.49. The molecule has 0 heterocycles. The van der Waals surface area contributed by atoms with Gasteiger partial charge in [-0.15, -0.1) is 0 Å². The largest absolute Gasteiger partial charge is 0.381 e. The van der Waals surface area contributed by atoms with Gasteiger partial charge in [-0.2, -0.15) is 0 Å². The summed E-state index contributed by atoms with van der Waals surface area (Å²) >= 11 is 0. The molecular weight excluding hydrogens is 292 g/mol. The number of rotatable bonds is 21. The molecule has 1 heteroatoms. The molecule has 0 aromatic heterocycles. The molecule has 24 heavy (non-hydrogen) atoms. The first-order valence-corrected chi connectivity index (χ1v) is 11.3. The maximum Gasteiger partial charge on any atom is 0.0466 e. The van der Waals surface area contributed by atoms with Gasteiger partial charge in [-0.25, -0.2) is 0 Å². The van der Waals surface area contributed by atoms with Crippen LogP contribution in [0.4, 0.5) is 0 Å². The van der Waals surface area contributed by atoms with Crippen LogP contribution >= 0.6 is 0 Å². The van der Waals surface area contributed by atoms with Crippen LogP contribution in [-0.4, -0.2) is 13.2 Å². The third kappa shape index (κ3) is 22.0. The highest BCUT2D eigenvalue weighted by atomic mass is 16.5. The zero-order valence-corrected chi connectivity index (χ0v) is 17.0. The van der Waals surface area contributed by atoms with Gasteiger partial charge in [0.05, 0.1) is 0 Å². The lowest BCUT2D eigenvalue weighted by molar-refractivity contribution is 0.125. The summed E-state index contributed by atoms with van der Waals surface area (Å²) in [4.78, 5) is 0. The van der Waals surface area contributed by atoms with Crippen molar-refractivity contribution >= 4 is 0 Å². The molecule has 1 nitrogen and oxygen atoms in total. The molecule has 0 bridgehead atoms. The Bertz CT molecular complexity index is 180. The van der Waals surface area contributed by atoms with Gasteiger partial charge >= 0.3 is 0 Å². The summed E-state index contributed by atoms with van der Waals surface area (Å²) in [6, 6.07) is 0. The van der Waals surface area contributed by atoms with Gasteiger partial charge in [-0.3, -0.25) is 0 Å². The summed E-state index contributed by atoms with van der Waals surface area (Å²) in [7, 11) is 0. The van der Waals surface area contributed by atoms with Crippen LogP contribution in [0.5, 0.6) is 0 Å². The van der Waals surface area contributed by atoms with E-state index in [2.05, 4.69) is 13.8 Å². The van der Waals surface area contributed by atoms with Crippen molar-refractivity contribution in [2.75, 3.05) is 13.2 Å². The number of hydrogen-bond acceptors (Lipinski definition) is 1. The quantitative estimate of drug-likeness (QED) is 0.191. The smallest absolute Gasteiger partial charge is 0.0466 e. The van der Waals surface area contributed by atoms with E-state index in [9.17, 15) is 0 Å². The normalized spacial score (nSPS) is 11.2. The zero-order chi connectivity index (χ0) is 17.6. The Kier molecular flexibility index (Phi) is 22.9. The molecule has 0 saturated carbocycles. The molecule has 0 aliphatic heterocycles. The second-order valence-corrected chi connectivity index (χ2v) is 7.48. The van der Waals surface area contributed by atoms with E-state index in [0.717, 1.165) is 19.6 Å². The van der Waals surface area contributed by atoms with Crippen LogP contribution in [0.1, 0.15) is 129 Å². The molecule has 0 rings (SSSR count). The van der Waals surface area contributed by atoms with Crippen molar-refractivity contribution in [1.82, 2.24) is 0 Å². The summed E-state index contributed by atoms with van der Waals surface area (Å²) in [5.41, 5.74) is 0. The maximum atomic E-state index is 5.76. The van der Waals surface area contributed by atoms with E-state index in [1.54, 1.807) is 0 Å². The van der Waals surface area contributed by atoms with Gasteiger partial charge in [0.15, 0.2) is 0 Å². The Balaban J connectivity index is 2.93. The van der Waals surface area contributed by atoms with Gasteiger partial charge < -0.3 is 4.74 Å². The second-order valence-electron chi connectivity index (χ2n) is 7.48. The molecule has 0 unspecified atom stereocenters. The lowest BCUT2D eigenvalue weighted by atomic mass is 10.1. The van der Waals surface area contributed by atoms with E-state index < -0.39 is 0 Å². The molecule has 0 aliphatic carbocycles. The van der Waals surface area contributed by atoms with E-state index in [-0.39, 0.29) is 0 Å². The van der Waals surface area contributed by atoms with Crippen molar-refractivity contribution in [2.24, 2.45) is 0 Å². The fourth-order valence-electron chi connectivity index (χ4n) is 3.24. The second kappa shape index (κ2) is 23.0. The molecule has 0 N–H and O–H groups in total. The van der Waals surface area contributed by atoms with Crippen molar-refractivity contribution < 1.29 is 4.74 Å². The zero-order valence-electron chi connectivity index (χ0n) is 17.0. The van der Waals surface area contributed by atoms with E-state index in [0.29, 0.717) is 0 Å². The van der Waals surface area contributed by atoms with Gasteiger partial charge in [0.1, 0.15) is 0 Å². The Labute approximate surface area is 154 Å². The molecule has 0 saturated heterocycles. The summed E-state index contributed by atoms with van der Waals surface area (Å²) in [5, 5.41) is 0. The Hall–Kier alpha value is -0.0400. The fourth-order valence-corrected chi connectivity index (χ4v) is 3.24. The summed E-state index contributed by atoms with van der Waals surface area (Å²) in [6.45, 7) is 8.15. The molecule has 0 amide bonds. The number of unbranched alkanes of at least 4 members (excludes halogenated alkanes) is 17. The minimum absolute atomic E-state index is 0.985. The van der Waals surface area contributed by atoms with Crippen LogP contribution in [0.3, 0.4) is 0 Å². The van der Waals surface area contributed by atoms with Crippen molar-refractivity contribution in [2.45, 2.75) is 129 Å². The van der Waals surface area contributed by atoms with Crippen molar-refractivity contribution in [3.05, 3.63) is 6.92 Å². The third-order valence-electron chi connectivity index (χ3n) is 4.93. The topological polar surface area (TPSA) is 9.23 Å². The van der Waals surface area contributed by atoms with Crippen molar-refractivity contribution in [1.29, 1.82) is 0 Å². The van der Waals surface area contributed by atoms with E-state index in [4.69, 9.17) is 4.74 Å². The van der Waals surface area contributed by atoms with Crippen LogP contribution < -0.4 is 0 Å². The molecule has 0 spiro atoms. The molecule has 0 fully saturated rings. The highest BCUT2D eigenvalue weighted by Crippen LogP contribution is 2.11. The van der Waals surface area contributed by atoms with E-state index >= 15 is 0 Å². The standard InChI is InChI=1S/C23H47O/c1-3-5-7-9-11-13-15-17-19-21-23-24-22-20-18-16-14-12-10-8-6-4-2/h2-23H2,1H3. The molecule has 145 valence electrons. The van der Waals surface area contributed by atoms with Crippen LogP contribution in [0.15, 0.2) is 0 Å². The minimum Gasteiger partial charge on any atom is -0.381 e. The average Bonchev–Trinajstić information content (AvgIpc) is 2.60. The lowest BCUT2D eigenvalue weighted by Gasteiger charge is -2.05. The lowest BCUT2D eigenvalue weighted by Crippen LogP contribution is -1.97. The molecule has 0 atom stereocenters. The molecule has 0 aromatic carbocycles. The third-order valence-corrected chi connectivity index (χ3v) is 4.93. The summed E-state index contributed by atoms with van der Waals surface area (Å²) in [6.07, 6.45) is 26.1. The predicted molar refractivity (Wildman–Crippen MR) is 110 cm³/mol. The highest BCUT2D eigenvalue weighted by Gasteiger charge is 1.95. The maximum absolute atomic E-state index is 5.76. The first-order chi connectivity index (χ1) is 11.9. The molecular formula is C23H47O. The monoisotopic (exact) mass is 339 g/mol. The molecule has 1 radical (unpaired) electrons. The van der Waals surface area contributed by atoms with Crippen LogP contribution in [0.2, 0.25) is 0 Å². The van der Waals surface area contributed by atoms with Gasteiger partial charge in [-0.05, 0) is 12.8 Å². The predicted octanol–water partition coefficient (Wildman–Crippen LogP) is 8.27. The SMILES string of the molecule is [CH2]CCCCCCCCCCOCCCCCCCCCCCC. The van der Waals surface area contributed by atoms with E-state index in [1.165, 1.54) is 116 Å². The van der Waals surface area contributed by atoms with Crippen molar-refractivity contribution in [3.63, 3.8) is 0 Å². The summed E-state index contributed by atoms with van der Waals surface area (Å²) < 4.78 is 5.76. The molecule has 0 aromatic rings. The average molecular weight is 340 g/mol. The van der Waals surface area contributed by atoms with E-state index in [1.807, 2.05) is 0 Å². The van der Waals surface area contributed by atoms with Crippen LogP contribution in [-0.2, 0) is 4.74 Å². The van der Waals surface area contributed by atoms with Gasteiger partial charge in [-0.1, -0.05) is 123 Å². The van der Waals surface area contributed by atoms with Crippen molar-refractivity contribution in [3.8, 4) is 0 Å². The minimum atomic E-state index is 0.985. The number of ether oxygens (including phenoxy) is 1. The Morgan fingerprint density at radius 2 is 0.792 bits per heavy atom. The van der Waals surface area contributed by atoms with Crippen LogP contribution in [0.25, 0.3) is 0 Å². The van der Waals surface area contributed by atoms with Gasteiger partial charge in [0, 0.05) is 13.2 Å².